The molecular formula is C13H9ClN2O2. The van der Waals surface area contributed by atoms with Gasteiger partial charge >= 0.3 is 0 Å². The van der Waals surface area contributed by atoms with Crippen LogP contribution in [0.3, 0.4) is 0 Å². The number of aromatic nitrogens is 1. The highest BCUT2D eigenvalue weighted by Crippen LogP contribution is 2.33. The van der Waals surface area contributed by atoms with Gasteiger partial charge in [-0.15, -0.1) is 0 Å². The zero-order valence-corrected chi connectivity index (χ0v) is 9.98. The number of anilines is 1. The predicted molar refractivity (Wildman–Crippen MR) is 70.5 cm³/mol. The molecule has 1 aromatic heterocycles. The van der Waals surface area contributed by atoms with Gasteiger partial charge in [0.15, 0.2) is 5.58 Å². The van der Waals surface area contributed by atoms with E-state index in [1.165, 1.54) is 0 Å². The van der Waals surface area contributed by atoms with Gasteiger partial charge in [0.1, 0.15) is 11.3 Å². The van der Waals surface area contributed by atoms with Crippen molar-refractivity contribution < 1.29 is 9.52 Å². The van der Waals surface area contributed by atoms with Crippen LogP contribution >= 0.6 is 11.6 Å². The standard InChI is InChI=1S/C13H9ClN2O2/c14-8-2-3-11(17)9(6-8)7-1-4-12-10(5-7)16-13(15)18-12/h1-6,17H,(H2,15,16). The first-order valence-corrected chi connectivity index (χ1v) is 5.66. The van der Waals surface area contributed by atoms with Gasteiger partial charge in [0.05, 0.1) is 0 Å². The average molecular weight is 261 g/mol. The molecule has 0 unspecified atom stereocenters. The minimum absolute atomic E-state index is 0.123. The second-order valence-electron chi connectivity index (χ2n) is 3.90. The summed E-state index contributed by atoms with van der Waals surface area (Å²) < 4.78 is 5.19. The van der Waals surface area contributed by atoms with Crippen LogP contribution in [0.5, 0.6) is 5.75 Å². The molecule has 0 saturated carbocycles. The van der Waals surface area contributed by atoms with Crippen LogP contribution in [0.1, 0.15) is 0 Å². The Hall–Kier alpha value is -2.20. The highest BCUT2D eigenvalue weighted by molar-refractivity contribution is 6.31. The van der Waals surface area contributed by atoms with Gasteiger partial charge in [0, 0.05) is 10.6 Å². The normalized spacial score (nSPS) is 10.9. The Kier molecular flexibility index (Phi) is 2.38. The van der Waals surface area contributed by atoms with E-state index in [2.05, 4.69) is 4.98 Å². The van der Waals surface area contributed by atoms with Crippen LogP contribution in [-0.4, -0.2) is 10.1 Å². The van der Waals surface area contributed by atoms with Crippen LogP contribution in [-0.2, 0) is 0 Å². The number of halogens is 1. The number of hydrogen-bond donors (Lipinski definition) is 2. The Morgan fingerprint density at radius 2 is 2.00 bits per heavy atom. The summed E-state index contributed by atoms with van der Waals surface area (Å²) in [5.41, 5.74) is 8.18. The van der Waals surface area contributed by atoms with Crippen molar-refractivity contribution in [1.82, 2.24) is 4.98 Å². The molecule has 5 heteroatoms. The summed E-state index contributed by atoms with van der Waals surface area (Å²) in [6, 6.07) is 10.4. The van der Waals surface area contributed by atoms with E-state index >= 15 is 0 Å². The molecule has 0 amide bonds. The molecule has 0 atom stereocenters. The Morgan fingerprint density at radius 3 is 2.83 bits per heavy atom. The summed E-state index contributed by atoms with van der Waals surface area (Å²) >= 11 is 5.92. The van der Waals surface area contributed by atoms with Gasteiger partial charge in [-0.25, -0.2) is 0 Å². The number of nitrogens with two attached hydrogens (primary N) is 1. The van der Waals surface area contributed by atoms with Gasteiger partial charge in [-0.2, -0.15) is 4.98 Å². The maximum absolute atomic E-state index is 9.84. The lowest BCUT2D eigenvalue weighted by atomic mass is 10.0. The van der Waals surface area contributed by atoms with Gasteiger partial charge in [0.25, 0.3) is 6.01 Å². The topological polar surface area (TPSA) is 72.3 Å². The van der Waals surface area contributed by atoms with Crippen molar-refractivity contribution >= 4 is 28.7 Å². The van der Waals surface area contributed by atoms with Crippen LogP contribution in [0, 0.1) is 0 Å². The number of benzene rings is 2. The molecule has 0 saturated heterocycles. The third kappa shape index (κ3) is 1.76. The van der Waals surface area contributed by atoms with E-state index in [0.717, 1.165) is 5.56 Å². The van der Waals surface area contributed by atoms with Gasteiger partial charge in [0.2, 0.25) is 0 Å². The molecule has 90 valence electrons. The lowest BCUT2D eigenvalue weighted by Crippen LogP contribution is -1.81. The van der Waals surface area contributed by atoms with E-state index in [1.54, 1.807) is 30.3 Å². The van der Waals surface area contributed by atoms with Gasteiger partial charge in [-0.05, 0) is 35.9 Å². The van der Waals surface area contributed by atoms with Crippen LogP contribution in [0.2, 0.25) is 5.02 Å². The predicted octanol–water partition coefficient (Wildman–Crippen LogP) is 3.44. The molecular weight excluding hydrogens is 252 g/mol. The maximum Gasteiger partial charge on any atom is 0.292 e. The Labute approximate surface area is 108 Å². The first kappa shape index (κ1) is 10.9. The van der Waals surface area contributed by atoms with Gasteiger partial charge < -0.3 is 15.3 Å². The summed E-state index contributed by atoms with van der Waals surface area (Å²) in [7, 11) is 0. The minimum Gasteiger partial charge on any atom is -0.507 e. The van der Waals surface area contributed by atoms with E-state index in [-0.39, 0.29) is 11.8 Å². The fourth-order valence-corrected chi connectivity index (χ4v) is 2.02. The van der Waals surface area contributed by atoms with Crippen molar-refractivity contribution in [3.05, 3.63) is 41.4 Å². The molecule has 3 aromatic rings. The highest BCUT2D eigenvalue weighted by atomic mass is 35.5. The lowest BCUT2D eigenvalue weighted by molar-refractivity contribution is 0.477. The first-order chi connectivity index (χ1) is 8.63. The molecule has 3 N–H and O–H groups in total. The number of phenolic OH excluding ortho intramolecular Hbond substituents is 1. The summed E-state index contributed by atoms with van der Waals surface area (Å²) in [4.78, 5) is 4.05. The number of fused-ring (bicyclic) bond motifs is 1. The third-order valence-corrected chi connectivity index (χ3v) is 2.91. The molecule has 0 spiro atoms. The minimum atomic E-state index is 0.123. The Balaban J connectivity index is 2.21. The highest BCUT2D eigenvalue weighted by Gasteiger charge is 2.08. The second kappa shape index (κ2) is 3.92. The van der Waals surface area contributed by atoms with E-state index < -0.39 is 0 Å². The smallest absolute Gasteiger partial charge is 0.292 e. The quantitative estimate of drug-likeness (QED) is 0.703. The van der Waals surface area contributed by atoms with Crippen molar-refractivity contribution in [3.63, 3.8) is 0 Å². The number of nitrogen functional groups attached to an aromatic ring is 1. The van der Waals surface area contributed by atoms with E-state index in [1.807, 2.05) is 6.07 Å². The number of hydrogen-bond acceptors (Lipinski definition) is 4. The van der Waals surface area contributed by atoms with Crippen LogP contribution < -0.4 is 5.73 Å². The first-order valence-electron chi connectivity index (χ1n) is 5.28. The molecule has 0 fully saturated rings. The summed E-state index contributed by atoms with van der Waals surface area (Å²) in [6.45, 7) is 0. The van der Waals surface area contributed by atoms with E-state index in [0.29, 0.717) is 21.7 Å². The van der Waals surface area contributed by atoms with Crippen molar-refractivity contribution in [2.24, 2.45) is 0 Å². The summed E-state index contributed by atoms with van der Waals surface area (Å²) in [5, 5.41) is 10.4. The zero-order valence-electron chi connectivity index (χ0n) is 9.22. The number of nitrogens with zero attached hydrogens (tertiary/aromatic N) is 1. The third-order valence-electron chi connectivity index (χ3n) is 2.67. The fourth-order valence-electron chi connectivity index (χ4n) is 1.85. The molecule has 4 nitrogen and oxygen atoms in total. The molecule has 0 aliphatic rings. The van der Waals surface area contributed by atoms with Crippen LogP contribution in [0.4, 0.5) is 6.01 Å². The monoisotopic (exact) mass is 260 g/mol. The lowest BCUT2D eigenvalue weighted by Gasteiger charge is -2.04. The second-order valence-corrected chi connectivity index (χ2v) is 4.33. The van der Waals surface area contributed by atoms with Crippen molar-refractivity contribution in [2.75, 3.05) is 5.73 Å². The molecule has 2 aromatic carbocycles. The summed E-state index contributed by atoms with van der Waals surface area (Å²) in [5.74, 6) is 0.162. The van der Waals surface area contributed by atoms with Crippen molar-refractivity contribution in [3.8, 4) is 16.9 Å². The molecule has 0 bridgehead atoms. The Morgan fingerprint density at radius 1 is 1.17 bits per heavy atom. The molecule has 1 heterocycles. The number of rotatable bonds is 1. The molecule has 0 aliphatic heterocycles. The van der Waals surface area contributed by atoms with E-state index in [9.17, 15) is 5.11 Å². The van der Waals surface area contributed by atoms with E-state index in [4.69, 9.17) is 21.8 Å². The fraction of sp³-hybridized carbons (Fsp3) is 0. The zero-order chi connectivity index (χ0) is 12.7. The SMILES string of the molecule is Nc1nc2cc(-c3cc(Cl)ccc3O)ccc2o1. The van der Waals surface area contributed by atoms with Crippen molar-refractivity contribution in [2.45, 2.75) is 0 Å². The molecule has 0 radical (unpaired) electrons. The van der Waals surface area contributed by atoms with Crippen LogP contribution in [0.15, 0.2) is 40.8 Å². The van der Waals surface area contributed by atoms with Crippen LogP contribution in [0.25, 0.3) is 22.2 Å². The summed E-state index contributed by atoms with van der Waals surface area (Å²) in [6.07, 6.45) is 0. The van der Waals surface area contributed by atoms with Crippen molar-refractivity contribution in [1.29, 1.82) is 0 Å². The largest absolute Gasteiger partial charge is 0.507 e. The van der Waals surface area contributed by atoms with Gasteiger partial charge in [-0.1, -0.05) is 17.7 Å². The number of phenols is 1. The average Bonchev–Trinajstić information content (AvgIpc) is 2.71. The Bertz CT molecular complexity index is 737. The number of aromatic hydroxyl groups is 1. The molecule has 0 aliphatic carbocycles. The van der Waals surface area contributed by atoms with Gasteiger partial charge in [-0.3, -0.25) is 0 Å². The number of oxazole rings is 1. The molecule has 18 heavy (non-hydrogen) atoms. The molecule has 3 rings (SSSR count). The maximum atomic E-state index is 9.84.